The van der Waals surface area contributed by atoms with E-state index in [2.05, 4.69) is 13.8 Å². The van der Waals surface area contributed by atoms with Gasteiger partial charge in [-0.15, -0.1) is 0 Å². The van der Waals surface area contributed by atoms with Crippen molar-refractivity contribution in [1.82, 2.24) is 0 Å². The Hall–Kier alpha value is 0.0969. The van der Waals surface area contributed by atoms with Crippen molar-refractivity contribution in [3.63, 3.8) is 0 Å². The van der Waals surface area contributed by atoms with Crippen LogP contribution in [0.2, 0.25) is 12.1 Å². The van der Waals surface area contributed by atoms with Gasteiger partial charge >= 0.3 is 0 Å². The van der Waals surface area contributed by atoms with Crippen LogP contribution in [0.5, 0.6) is 0 Å². The zero-order chi connectivity index (χ0) is 11.7. The summed E-state index contributed by atoms with van der Waals surface area (Å²) in [6, 6.07) is 2.44. The molecule has 0 heterocycles. The molecule has 0 bridgehead atoms. The smallest absolute Gasteiger partial charge is 0.138 e. The van der Waals surface area contributed by atoms with E-state index in [1.807, 2.05) is 13.8 Å². The minimum Gasteiger partial charge on any atom is -0.357 e. The molecule has 0 spiro atoms. The van der Waals surface area contributed by atoms with Crippen LogP contribution in [0, 0.1) is 5.92 Å². The lowest BCUT2D eigenvalue weighted by molar-refractivity contribution is -0.0859. The predicted octanol–water partition coefficient (Wildman–Crippen LogP) is 1.77. The highest BCUT2D eigenvalue weighted by molar-refractivity contribution is 6.59. The van der Waals surface area contributed by atoms with Gasteiger partial charge in [0.1, 0.15) is 14.7 Å². The fourth-order valence-electron chi connectivity index (χ4n) is 1.73. The normalized spacial score (nSPS) is 15.6. The molecule has 0 radical (unpaired) electrons. The summed E-state index contributed by atoms with van der Waals surface area (Å²) in [5, 5.41) is 0. The lowest BCUT2D eigenvalue weighted by Gasteiger charge is -2.26. The third kappa shape index (κ3) is 6.30. The van der Waals surface area contributed by atoms with Gasteiger partial charge in [0, 0.05) is 13.2 Å². The fraction of sp³-hybridized carbons (Fsp3) is 1.00. The fourth-order valence-corrected chi connectivity index (χ4v) is 4.83. The highest BCUT2D eigenvalue weighted by Crippen LogP contribution is 2.15. The molecule has 0 aliphatic rings. The highest BCUT2D eigenvalue weighted by atomic mass is 28.3. The first-order chi connectivity index (χ1) is 7.19. The van der Waals surface area contributed by atoms with E-state index in [1.165, 1.54) is 12.1 Å². The third-order valence-corrected chi connectivity index (χ3v) is 6.29. The van der Waals surface area contributed by atoms with E-state index in [0.29, 0.717) is 5.92 Å². The van der Waals surface area contributed by atoms with Crippen molar-refractivity contribution in [2.45, 2.75) is 45.7 Å². The maximum Gasteiger partial charge on any atom is 0.138 e. The standard InChI is InChI=1S/C11H27NO2Si/c1-5-13-11(14-6-2)15(7-3)9-10(4)8-12/h10-11,15H,5-9,12H2,1-4H3. The maximum atomic E-state index is 5.68. The van der Waals surface area contributed by atoms with Gasteiger partial charge in [-0.3, -0.25) is 0 Å². The van der Waals surface area contributed by atoms with Crippen LogP contribution >= 0.6 is 0 Å². The quantitative estimate of drug-likeness (QED) is 0.487. The van der Waals surface area contributed by atoms with E-state index < -0.39 is 8.80 Å². The molecular formula is C11H27NO2Si. The monoisotopic (exact) mass is 233 g/mol. The SMILES string of the molecule is CCOC(OCC)[SiH](CC)CC(C)CN. The molecule has 92 valence electrons. The first-order valence-corrected chi connectivity index (χ1v) is 8.42. The zero-order valence-electron chi connectivity index (χ0n) is 10.7. The average Bonchev–Trinajstić information content (AvgIpc) is 2.25. The number of hydrogen-bond acceptors (Lipinski definition) is 3. The van der Waals surface area contributed by atoms with Gasteiger partial charge in [0.05, 0.1) is 0 Å². The Labute approximate surface area is 95.9 Å². The largest absolute Gasteiger partial charge is 0.357 e. The Morgan fingerprint density at radius 1 is 1.13 bits per heavy atom. The molecule has 4 heteroatoms. The summed E-state index contributed by atoms with van der Waals surface area (Å²) in [6.07, 6.45) is 0. The molecule has 0 amide bonds. The van der Waals surface area contributed by atoms with Gasteiger partial charge in [-0.2, -0.15) is 0 Å². The van der Waals surface area contributed by atoms with Gasteiger partial charge in [0.2, 0.25) is 0 Å². The molecule has 0 rings (SSSR count). The van der Waals surface area contributed by atoms with Gasteiger partial charge in [0.25, 0.3) is 0 Å². The number of rotatable bonds is 9. The molecular weight excluding hydrogens is 206 g/mol. The molecule has 2 unspecified atom stereocenters. The lowest BCUT2D eigenvalue weighted by Crippen LogP contribution is -2.37. The van der Waals surface area contributed by atoms with Crippen molar-refractivity contribution in [3.05, 3.63) is 0 Å². The van der Waals surface area contributed by atoms with Crippen LogP contribution < -0.4 is 5.73 Å². The minimum absolute atomic E-state index is 0.0824. The van der Waals surface area contributed by atoms with Crippen molar-refractivity contribution < 1.29 is 9.47 Å². The maximum absolute atomic E-state index is 5.68. The lowest BCUT2D eigenvalue weighted by atomic mass is 10.2. The van der Waals surface area contributed by atoms with Crippen LogP contribution in [0.25, 0.3) is 0 Å². The van der Waals surface area contributed by atoms with Crippen molar-refractivity contribution in [3.8, 4) is 0 Å². The summed E-state index contributed by atoms with van der Waals surface area (Å²) in [5.74, 6) is 0.684. The Morgan fingerprint density at radius 2 is 1.67 bits per heavy atom. The van der Waals surface area contributed by atoms with Gasteiger partial charge in [-0.25, -0.2) is 0 Å². The first kappa shape index (κ1) is 15.1. The number of nitrogens with two attached hydrogens (primary N) is 1. The van der Waals surface area contributed by atoms with E-state index in [9.17, 15) is 0 Å². The molecule has 0 saturated carbocycles. The molecule has 2 N–H and O–H groups in total. The Kier molecular flexibility index (Phi) is 9.39. The summed E-state index contributed by atoms with van der Waals surface area (Å²) < 4.78 is 11.4. The molecule has 0 aromatic heterocycles. The topological polar surface area (TPSA) is 44.5 Å². The highest BCUT2D eigenvalue weighted by Gasteiger charge is 2.23. The van der Waals surface area contributed by atoms with Crippen LogP contribution in [-0.2, 0) is 9.47 Å². The number of ether oxygens (including phenoxy) is 2. The molecule has 0 saturated heterocycles. The van der Waals surface area contributed by atoms with Crippen LogP contribution in [-0.4, -0.2) is 34.5 Å². The second-order valence-corrected chi connectivity index (χ2v) is 7.38. The molecule has 0 aliphatic carbocycles. The summed E-state index contributed by atoms with van der Waals surface area (Å²) in [5.41, 5.74) is 5.66. The summed E-state index contributed by atoms with van der Waals surface area (Å²) >= 11 is 0. The van der Waals surface area contributed by atoms with Gasteiger partial charge in [-0.1, -0.05) is 25.9 Å². The van der Waals surface area contributed by atoms with Crippen molar-refractivity contribution in [1.29, 1.82) is 0 Å². The van der Waals surface area contributed by atoms with E-state index in [-0.39, 0.29) is 5.91 Å². The summed E-state index contributed by atoms with van der Waals surface area (Å²) in [4.78, 5) is 0. The van der Waals surface area contributed by atoms with Gasteiger partial charge < -0.3 is 15.2 Å². The Morgan fingerprint density at radius 3 is 2.00 bits per heavy atom. The van der Waals surface area contributed by atoms with Crippen LogP contribution in [0.15, 0.2) is 0 Å². The first-order valence-electron chi connectivity index (χ1n) is 6.12. The molecule has 0 fully saturated rings. The van der Waals surface area contributed by atoms with E-state index in [4.69, 9.17) is 15.2 Å². The average molecular weight is 233 g/mol. The molecule has 15 heavy (non-hydrogen) atoms. The Balaban J connectivity index is 4.16. The van der Waals surface area contributed by atoms with Gasteiger partial charge in [0.15, 0.2) is 0 Å². The molecule has 2 atom stereocenters. The minimum atomic E-state index is -0.963. The second kappa shape index (κ2) is 9.33. The van der Waals surface area contributed by atoms with Crippen LogP contribution in [0.1, 0.15) is 27.7 Å². The van der Waals surface area contributed by atoms with Gasteiger partial charge in [-0.05, 0) is 26.3 Å². The summed E-state index contributed by atoms with van der Waals surface area (Å²) in [6.45, 7) is 10.8. The molecule has 3 nitrogen and oxygen atoms in total. The molecule has 0 aromatic carbocycles. The zero-order valence-corrected chi connectivity index (χ0v) is 11.8. The second-order valence-electron chi connectivity index (χ2n) is 4.02. The number of hydrogen-bond donors (Lipinski definition) is 1. The van der Waals surface area contributed by atoms with Crippen molar-refractivity contribution in [2.24, 2.45) is 11.7 Å². The third-order valence-electron chi connectivity index (χ3n) is 2.68. The van der Waals surface area contributed by atoms with Crippen molar-refractivity contribution >= 4 is 8.80 Å². The Bertz CT molecular complexity index is 141. The molecule has 0 aliphatic heterocycles. The van der Waals surface area contributed by atoms with E-state index in [1.54, 1.807) is 0 Å². The van der Waals surface area contributed by atoms with Crippen LogP contribution in [0.3, 0.4) is 0 Å². The molecule has 0 aromatic rings. The van der Waals surface area contributed by atoms with E-state index in [0.717, 1.165) is 19.8 Å². The van der Waals surface area contributed by atoms with Crippen LogP contribution in [0.4, 0.5) is 0 Å². The predicted molar refractivity (Wildman–Crippen MR) is 67.7 cm³/mol. The van der Waals surface area contributed by atoms with Crippen molar-refractivity contribution in [2.75, 3.05) is 19.8 Å². The summed E-state index contributed by atoms with van der Waals surface area (Å²) in [7, 11) is -0.963. The van der Waals surface area contributed by atoms with E-state index >= 15 is 0 Å².